The first-order valence-electron chi connectivity index (χ1n) is 3.98. The zero-order valence-electron chi connectivity index (χ0n) is 8.64. The van der Waals surface area contributed by atoms with Gasteiger partial charge in [0.05, 0.1) is 0 Å². The number of ether oxygens (including phenoxy) is 1. The maximum Gasteiger partial charge on any atom is 0.309 e. The normalized spacial score (nSPS) is 16.0. The Labute approximate surface area is 81.3 Å². The van der Waals surface area contributed by atoms with Crippen molar-refractivity contribution in [3.8, 4) is 0 Å². The highest BCUT2D eigenvalue weighted by Gasteiger charge is 2.61. The van der Waals surface area contributed by atoms with Crippen LogP contribution in [0.1, 0.15) is 20.8 Å². The lowest BCUT2D eigenvalue weighted by Gasteiger charge is -2.28. The van der Waals surface area contributed by atoms with Gasteiger partial charge in [0.15, 0.2) is 0 Å². The second-order valence-corrected chi connectivity index (χ2v) is 3.78. The molecule has 0 radical (unpaired) electrons. The lowest BCUT2D eigenvalue weighted by atomic mass is 9.82. The van der Waals surface area contributed by atoms with Gasteiger partial charge in [-0.2, -0.15) is 0 Å². The Morgan fingerprint density at radius 2 is 1.57 bits per heavy atom. The molecule has 14 heavy (non-hydrogen) atoms. The molecule has 0 aromatic rings. The molecule has 0 saturated heterocycles. The van der Waals surface area contributed by atoms with Gasteiger partial charge in [-0.3, -0.25) is 20.2 Å². The van der Waals surface area contributed by atoms with E-state index in [1.165, 1.54) is 27.9 Å². The standard InChI is InChI=1S/C7H14N2O5/c1-6(2,8(10)11)7(3,5-14-4)9(12)13/h5H2,1-4H3/t7-/m0/s1. The van der Waals surface area contributed by atoms with E-state index in [0.717, 1.165) is 0 Å². The number of rotatable bonds is 5. The highest BCUT2D eigenvalue weighted by atomic mass is 16.7. The summed E-state index contributed by atoms with van der Waals surface area (Å²) in [5.74, 6) is 0. The van der Waals surface area contributed by atoms with Crippen LogP contribution in [0.25, 0.3) is 0 Å². The van der Waals surface area contributed by atoms with Gasteiger partial charge in [-0.1, -0.05) is 0 Å². The summed E-state index contributed by atoms with van der Waals surface area (Å²) < 4.78 is 4.66. The average Bonchev–Trinajstić information content (AvgIpc) is 2.03. The number of methoxy groups -OCH3 is 1. The maximum atomic E-state index is 10.8. The van der Waals surface area contributed by atoms with Crippen LogP contribution in [0.3, 0.4) is 0 Å². The molecular formula is C7H14N2O5. The Kier molecular flexibility index (Phi) is 3.53. The molecule has 7 nitrogen and oxygen atoms in total. The van der Waals surface area contributed by atoms with Crippen LogP contribution in [-0.4, -0.2) is 34.6 Å². The molecule has 0 bridgehead atoms. The molecule has 0 aliphatic heterocycles. The highest BCUT2D eigenvalue weighted by Crippen LogP contribution is 2.28. The summed E-state index contributed by atoms with van der Waals surface area (Å²) in [4.78, 5) is 20.2. The summed E-state index contributed by atoms with van der Waals surface area (Å²) in [6.45, 7) is 3.34. The van der Waals surface area contributed by atoms with Gasteiger partial charge in [-0.25, -0.2) is 0 Å². The van der Waals surface area contributed by atoms with E-state index in [9.17, 15) is 20.2 Å². The summed E-state index contributed by atoms with van der Waals surface area (Å²) in [7, 11) is 1.28. The molecule has 0 spiro atoms. The van der Waals surface area contributed by atoms with Crippen molar-refractivity contribution in [2.24, 2.45) is 0 Å². The average molecular weight is 206 g/mol. The number of nitro groups is 2. The van der Waals surface area contributed by atoms with Crippen LogP contribution in [-0.2, 0) is 4.74 Å². The predicted octanol–water partition coefficient (Wildman–Crippen LogP) is 0.723. The quantitative estimate of drug-likeness (QED) is 0.487. The van der Waals surface area contributed by atoms with Crippen LogP contribution in [0.15, 0.2) is 0 Å². The van der Waals surface area contributed by atoms with Gasteiger partial charge in [-0.15, -0.1) is 0 Å². The van der Waals surface area contributed by atoms with Gasteiger partial charge in [0.25, 0.3) is 5.54 Å². The number of hydrogen-bond donors (Lipinski definition) is 0. The molecule has 0 heterocycles. The predicted molar refractivity (Wildman–Crippen MR) is 48.3 cm³/mol. The lowest BCUT2D eigenvalue weighted by molar-refractivity contribution is -0.679. The fraction of sp³-hybridized carbons (Fsp3) is 1.00. The Morgan fingerprint density at radius 3 is 1.79 bits per heavy atom. The molecule has 0 amide bonds. The van der Waals surface area contributed by atoms with Crippen LogP contribution in [0.5, 0.6) is 0 Å². The molecule has 0 unspecified atom stereocenters. The summed E-state index contributed by atoms with van der Waals surface area (Å²) in [5, 5.41) is 21.5. The third-order valence-electron chi connectivity index (χ3n) is 2.60. The van der Waals surface area contributed by atoms with Gasteiger partial charge in [0.2, 0.25) is 0 Å². The second kappa shape index (κ2) is 3.87. The van der Waals surface area contributed by atoms with E-state index in [1.54, 1.807) is 0 Å². The molecule has 0 aliphatic carbocycles. The minimum Gasteiger partial charge on any atom is -0.377 e. The first kappa shape index (κ1) is 12.8. The van der Waals surface area contributed by atoms with E-state index >= 15 is 0 Å². The van der Waals surface area contributed by atoms with E-state index in [0.29, 0.717) is 0 Å². The van der Waals surface area contributed by atoms with Crippen molar-refractivity contribution < 1.29 is 14.6 Å². The zero-order valence-corrected chi connectivity index (χ0v) is 8.64. The van der Waals surface area contributed by atoms with Crippen molar-refractivity contribution in [2.45, 2.75) is 31.8 Å². The van der Waals surface area contributed by atoms with Crippen molar-refractivity contribution in [3.05, 3.63) is 20.2 Å². The van der Waals surface area contributed by atoms with Crippen LogP contribution < -0.4 is 0 Å². The molecule has 7 heteroatoms. The van der Waals surface area contributed by atoms with Crippen LogP contribution in [0, 0.1) is 20.2 Å². The van der Waals surface area contributed by atoms with E-state index in [4.69, 9.17) is 0 Å². The van der Waals surface area contributed by atoms with Crippen molar-refractivity contribution in [2.75, 3.05) is 13.7 Å². The third-order valence-corrected chi connectivity index (χ3v) is 2.60. The molecule has 1 atom stereocenters. The van der Waals surface area contributed by atoms with Crippen molar-refractivity contribution in [1.29, 1.82) is 0 Å². The Balaban J connectivity index is 5.19. The number of nitrogens with zero attached hydrogens (tertiary/aromatic N) is 2. The topological polar surface area (TPSA) is 95.5 Å². The molecule has 0 aliphatic rings. The molecule has 0 N–H and O–H groups in total. The van der Waals surface area contributed by atoms with Crippen LogP contribution in [0.2, 0.25) is 0 Å². The SMILES string of the molecule is COC[C@](C)([N+](=O)[O-])C(C)(C)[N+](=O)[O-]. The maximum absolute atomic E-state index is 10.8. The van der Waals surface area contributed by atoms with E-state index in [-0.39, 0.29) is 6.61 Å². The van der Waals surface area contributed by atoms with Crippen LogP contribution >= 0.6 is 0 Å². The Morgan fingerprint density at radius 1 is 1.14 bits per heavy atom. The summed E-state index contributed by atoms with van der Waals surface area (Å²) in [5.41, 5.74) is -3.40. The van der Waals surface area contributed by atoms with E-state index < -0.39 is 20.9 Å². The third kappa shape index (κ3) is 1.82. The van der Waals surface area contributed by atoms with Gasteiger partial charge < -0.3 is 4.74 Å². The monoisotopic (exact) mass is 206 g/mol. The van der Waals surface area contributed by atoms with Crippen molar-refractivity contribution in [1.82, 2.24) is 0 Å². The van der Waals surface area contributed by atoms with E-state index in [1.807, 2.05) is 0 Å². The van der Waals surface area contributed by atoms with Crippen molar-refractivity contribution >= 4 is 0 Å². The molecule has 82 valence electrons. The van der Waals surface area contributed by atoms with Gasteiger partial charge in [-0.05, 0) is 0 Å². The molecule has 0 aromatic carbocycles. The summed E-state index contributed by atoms with van der Waals surface area (Å²) >= 11 is 0. The molecular weight excluding hydrogens is 192 g/mol. The fourth-order valence-corrected chi connectivity index (χ4v) is 0.930. The van der Waals surface area contributed by atoms with Gasteiger partial charge in [0, 0.05) is 37.7 Å². The fourth-order valence-electron chi connectivity index (χ4n) is 0.930. The smallest absolute Gasteiger partial charge is 0.309 e. The first-order valence-corrected chi connectivity index (χ1v) is 3.98. The zero-order chi connectivity index (χ0) is 11.6. The molecule has 0 saturated carbocycles. The Bertz CT molecular complexity index is 252. The highest BCUT2D eigenvalue weighted by molar-refractivity contribution is 4.91. The largest absolute Gasteiger partial charge is 0.377 e. The van der Waals surface area contributed by atoms with Gasteiger partial charge in [0.1, 0.15) is 6.61 Å². The Hall–Kier alpha value is -1.24. The first-order chi connectivity index (χ1) is 6.20. The molecule has 0 aromatic heterocycles. The second-order valence-electron chi connectivity index (χ2n) is 3.78. The van der Waals surface area contributed by atoms with Crippen molar-refractivity contribution in [3.63, 3.8) is 0 Å². The molecule has 0 rings (SSSR count). The van der Waals surface area contributed by atoms with E-state index in [2.05, 4.69) is 4.74 Å². The summed E-state index contributed by atoms with van der Waals surface area (Å²) in [6.07, 6.45) is 0. The molecule has 0 fully saturated rings. The number of hydrogen-bond acceptors (Lipinski definition) is 5. The minimum absolute atomic E-state index is 0.298. The minimum atomic E-state index is -1.73. The van der Waals surface area contributed by atoms with Gasteiger partial charge >= 0.3 is 5.54 Å². The summed E-state index contributed by atoms with van der Waals surface area (Å²) in [6, 6.07) is 0. The lowest BCUT2D eigenvalue weighted by Crippen LogP contribution is -2.60. The van der Waals surface area contributed by atoms with Crippen LogP contribution in [0.4, 0.5) is 0 Å².